The van der Waals surface area contributed by atoms with Crippen LogP contribution in [0.15, 0.2) is 57.5 Å². The summed E-state index contributed by atoms with van der Waals surface area (Å²) >= 11 is 1.33. The molecule has 2 aliphatic heterocycles. The fourth-order valence-corrected chi connectivity index (χ4v) is 6.72. The molecule has 8 nitrogen and oxygen atoms in total. The van der Waals surface area contributed by atoms with Crippen LogP contribution in [-0.2, 0) is 9.53 Å². The number of thiazole rings is 1. The van der Waals surface area contributed by atoms with Crippen LogP contribution in [0, 0.1) is 6.92 Å². The molecule has 216 valence electrons. The molecule has 2 aliphatic rings. The summed E-state index contributed by atoms with van der Waals surface area (Å²) in [5.41, 5.74) is 4.77. The molecule has 2 aromatic carbocycles. The van der Waals surface area contributed by atoms with Crippen LogP contribution in [0.5, 0.6) is 11.5 Å². The molecule has 0 radical (unpaired) electrons. The lowest BCUT2D eigenvalue weighted by molar-refractivity contribution is -0.139. The lowest BCUT2D eigenvalue weighted by atomic mass is 9.93. The first kappa shape index (κ1) is 28.7. The summed E-state index contributed by atoms with van der Waals surface area (Å²) in [4.78, 5) is 35.4. The maximum absolute atomic E-state index is 14.1. The van der Waals surface area contributed by atoms with Crippen molar-refractivity contribution < 1.29 is 19.0 Å². The fourth-order valence-electron chi connectivity index (χ4n) is 5.70. The monoisotopic (exact) mass is 575 g/mol. The Morgan fingerprint density at radius 1 is 1.10 bits per heavy atom. The number of esters is 1. The minimum atomic E-state index is -0.779. The third kappa shape index (κ3) is 5.55. The van der Waals surface area contributed by atoms with Gasteiger partial charge in [0.15, 0.2) is 4.80 Å². The van der Waals surface area contributed by atoms with Crippen molar-refractivity contribution in [2.45, 2.75) is 52.5 Å². The summed E-state index contributed by atoms with van der Waals surface area (Å²) < 4.78 is 18.9. The van der Waals surface area contributed by atoms with E-state index in [9.17, 15) is 9.59 Å². The van der Waals surface area contributed by atoms with E-state index >= 15 is 0 Å². The summed E-state index contributed by atoms with van der Waals surface area (Å²) in [5, 5.41) is 0. The van der Waals surface area contributed by atoms with E-state index in [1.165, 1.54) is 35.4 Å². The molecule has 0 amide bonds. The van der Waals surface area contributed by atoms with Crippen LogP contribution in [0.3, 0.4) is 0 Å². The Morgan fingerprint density at radius 3 is 2.54 bits per heavy atom. The Balaban J connectivity index is 1.71. The standard InChI is InChI=1S/C32H37N3O5S/c1-6-10-24-28(31(37)40-7-2)29(23-19-22(38-4)12-14-26(23)39-5)35-30(36)27(41-32(35)33-24)18-21-11-13-25(20(3)17-21)34-15-8-9-16-34/h11-14,17-19,29H,6-10,15-16H2,1-5H3/b27-18-/t29-/m0/s1. The number of methoxy groups -OCH3 is 2. The molecule has 1 saturated heterocycles. The summed E-state index contributed by atoms with van der Waals surface area (Å²) in [6, 6.07) is 11.0. The van der Waals surface area contributed by atoms with Crippen molar-refractivity contribution in [2.24, 2.45) is 4.99 Å². The predicted octanol–water partition coefficient (Wildman–Crippen LogP) is 4.50. The zero-order valence-electron chi connectivity index (χ0n) is 24.4. The van der Waals surface area contributed by atoms with Gasteiger partial charge in [0.05, 0.1) is 36.6 Å². The number of ether oxygens (including phenoxy) is 3. The second-order valence-electron chi connectivity index (χ2n) is 10.3. The highest BCUT2D eigenvalue weighted by Gasteiger charge is 2.36. The first-order valence-electron chi connectivity index (χ1n) is 14.2. The first-order chi connectivity index (χ1) is 19.9. The van der Waals surface area contributed by atoms with Crippen molar-refractivity contribution >= 4 is 29.1 Å². The minimum absolute atomic E-state index is 0.209. The van der Waals surface area contributed by atoms with Gasteiger partial charge in [-0.2, -0.15) is 0 Å². The quantitative estimate of drug-likeness (QED) is 0.350. The number of allylic oxidation sites excluding steroid dienone is 1. The Kier molecular flexibility index (Phi) is 8.63. The highest BCUT2D eigenvalue weighted by Crippen LogP contribution is 2.38. The molecule has 1 aromatic heterocycles. The Labute approximate surface area is 244 Å². The third-order valence-corrected chi connectivity index (χ3v) is 8.57. The third-order valence-electron chi connectivity index (χ3n) is 7.59. The Morgan fingerprint density at radius 2 is 1.88 bits per heavy atom. The van der Waals surface area contributed by atoms with Crippen molar-refractivity contribution in [3.63, 3.8) is 0 Å². The molecule has 41 heavy (non-hydrogen) atoms. The number of rotatable bonds is 9. The average Bonchev–Trinajstić information content (AvgIpc) is 3.61. The summed E-state index contributed by atoms with van der Waals surface area (Å²) in [6.07, 6.45) is 5.70. The van der Waals surface area contributed by atoms with Crippen LogP contribution in [0.2, 0.25) is 0 Å². The van der Waals surface area contributed by atoms with Gasteiger partial charge < -0.3 is 19.1 Å². The van der Waals surface area contributed by atoms with E-state index in [1.807, 2.05) is 19.1 Å². The second kappa shape index (κ2) is 12.3. The van der Waals surface area contributed by atoms with Gasteiger partial charge in [0.1, 0.15) is 17.5 Å². The Hall–Kier alpha value is -3.85. The molecule has 0 aliphatic carbocycles. The van der Waals surface area contributed by atoms with Gasteiger partial charge in [0.2, 0.25) is 0 Å². The summed E-state index contributed by atoms with van der Waals surface area (Å²) in [7, 11) is 3.16. The minimum Gasteiger partial charge on any atom is -0.497 e. The van der Waals surface area contributed by atoms with E-state index in [4.69, 9.17) is 19.2 Å². The first-order valence-corrected chi connectivity index (χ1v) is 15.0. The number of nitrogens with zero attached hydrogens (tertiary/aromatic N) is 3. The van der Waals surface area contributed by atoms with E-state index in [0.717, 1.165) is 25.1 Å². The molecule has 3 aromatic rings. The molecule has 1 atom stereocenters. The lowest BCUT2D eigenvalue weighted by Crippen LogP contribution is -2.40. The van der Waals surface area contributed by atoms with Gasteiger partial charge in [-0.3, -0.25) is 9.36 Å². The van der Waals surface area contributed by atoms with Gasteiger partial charge in [-0.1, -0.05) is 30.7 Å². The van der Waals surface area contributed by atoms with Crippen LogP contribution >= 0.6 is 11.3 Å². The number of benzene rings is 2. The highest BCUT2D eigenvalue weighted by molar-refractivity contribution is 7.07. The number of carbonyl (C=O) groups is 1. The number of hydrogen-bond donors (Lipinski definition) is 0. The molecule has 0 saturated carbocycles. The maximum Gasteiger partial charge on any atom is 0.338 e. The normalized spacial score (nSPS) is 17.0. The van der Waals surface area contributed by atoms with Gasteiger partial charge in [-0.25, -0.2) is 9.79 Å². The Bertz CT molecular complexity index is 1660. The number of fused-ring (bicyclic) bond motifs is 1. The summed E-state index contributed by atoms with van der Waals surface area (Å²) in [5.74, 6) is 0.642. The zero-order chi connectivity index (χ0) is 29.1. The van der Waals surface area contributed by atoms with Gasteiger partial charge >= 0.3 is 5.97 Å². The van der Waals surface area contributed by atoms with E-state index in [1.54, 1.807) is 37.8 Å². The van der Waals surface area contributed by atoms with Gasteiger partial charge in [0, 0.05) is 24.3 Å². The van der Waals surface area contributed by atoms with Crippen molar-refractivity contribution in [3.05, 3.63) is 84.0 Å². The number of aromatic nitrogens is 1. The zero-order valence-corrected chi connectivity index (χ0v) is 25.2. The number of carbonyl (C=O) groups excluding carboxylic acids is 1. The van der Waals surface area contributed by atoms with Gasteiger partial charge in [-0.15, -0.1) is 0 Å². The lowest BCUT2D eigenvalue weighted by Gasteiger charge is -2.27. The van der Waals surface area contributed by atoms with Crippen LogP contribution < -0.4 is 29.3 Å². The maximum atomic E-state index is 14.1. The van der Waals surface area contributed by atoms with Crippen molar-refractivity contribution in [1.82, 2.24) is 4.57 Å². The van der Waals surface area contributed by atoms with Crippen LogP contribution in [-0.4, -0.2) is 44.5 Å². The van der Waals surface area contributed by atoms with Crippen molar-refractivity contribution in [3.8, 4) is 11.5 Å². The molecule has 1 fully saturated rings. The largest absolute Gasteiger partial charge is 0.497 e. The molecule has 5 rings (SSSR count). The van der Waals surface area contributed by atoms with Crippen molar-refractivity contribution in [2.75, 3.05) is 38.8 Å². The summed E-state index contributed by atoms with van der Waals surface area (Å²) in [6.45, 7) is 8.29. The topological polar surface area (TPSA) is 82.4 Å². The molecular formula is C32H37N3O5S. The molecule has 3 heterocycles. The number of hydrogen-bond acceptors (Lipinski definition) is 8. The molecule has 0 spiro atoms. The van der Waals surface area contributed by atoms with E-state index in [0.29, 0.717) is 44.1 Å². The molecule has 0 unspecified atom stereocenters. The van der Waals surface area contributed by atoms with Gasteiger partial charge in [-0.05, 0) is 80.6 Å². The number of anilines is 1. The molecule has 0 bridgehead atoms. The SMILES string of the molecule is CCCC1=C(C(=O)OCC)[C@H](c2cc(OC)ccc2OC)n2c(s/c(=C\c3ccc(N4CCCC4)c(C)c3)c2=O)=N1. The van der Waals surface area contributed by atoms with Crippen LogP contribution in [0.1, 0.15) is 62.3 Å². The van der Waals surface area contributed by atoms with Crippen molar-refractivity contribution in [1.29, 1.82) is 0 Å². The number of aryl methyl sites for hydroxylation is 1. The predicted molar refractivity (Wildman–Crippen MR) is 162 cm³/mol. The fraction of sp³-hybridized carbons (Fsp3) is 0.406. The molecule has 9 heteroatoms. The van der Waals surface area contributed by atoms with Gasteiger partial charge in [0.25, 0.3) is 5.56 Å². The highest BCUT2D eigenvalue weighted by atomic mass is 32.1. The molecular weight excluding hydrogens is 538 g/mol. The van der Waals surface area contributed by atoms with Crippen LogP contribution in [0.25, 0.3) is 6.08 Å². The van der Waals surface area contributed by atoms with E-state index < -0.39 is 12.0 Å². The smallest absolute Gasteiger partial charge is 0.338 e. The van der Waals surface area contributed by atoms with E-state index in [2.05, 4.69) is 30.0 Å². The van der Waals surface area contributed by atoms with E-state index in [-0.39, 0.29) is 12.2 Å². The average molecular weight is 576 g/mol. The molecule has 0 N–H and O–H groups in total. The second-order valence-corrected chi connectivity index (χ2v) is 11.3. The van der Waals surface area contributed by atoms with Crippen LogP contribution in [0.4, 0.5) is 5.69 Å².